The van der Waals surface area contributed by atoms with Crippen molar-refractivity contribution < 1.29 is 4.79 Å². The van der Waals surface area contributed by atoms with E-state index in [2.05, 4.69) is 41.6 Å². The van der Waals surface area contributed by atoms with Crippen LogP contribution in [0.4, 0.5) is 5.13 Å². The van der Waals surface area contributed by atoms with Crippen molar-refractivity contribution >= 4 is 45.7 Å². The van der Waals surface area contributed by atoms with Crippen molar-refractivity contribution in [3.05, 3.63) is 34.9 Å². The molecular weight excluding hydrogens is 364 g/mol. The van der Waals surface area contributed by atoms with Crippen molar-refractivity contribution in [2.45, 2.75) is 49.4 Å². The highest BCUT2D eigenvalue weighted by Gasteiger charge is 2.18. The molecule has 1 aromatic heterocycles. The first kappa shape index (κ1) is 19.0. The molecule has 0 bridgehead atoms. The Kier molecular flexibility index (Phi) is 6.48. The number of benzene rings is 1. The van der Waals surface area contributed by atoms with Crippen LogP contribution < -0.4 is 10.6 Å². The average molecular weight is 385 g/mol. The quantitative estimate of drug-likeness (QED) is 0.730. The first-order valence-electron chi connectivity index (χ1n) is 7.53. The zero-order valence-electron chi connectivity index (χ0n) is 14.1. The van der Waals surface area contributed by atoms with Gasteiger partial charge in [-0.2, -0.15) is 0 Å². The fraction of sp³-hybridized carbons (Fsp3) is 0.438. The Labute approximate surface area is 155 Å². The number of rotatable bonds is 6. The van der Waals surface area contributed by atoms with E-state index in [4.69, 9.17) is 11.6 Å². The summed E-state index contributed by atoms with van der Waals surface area (Å²) in [4.78, 5) is 12.2. The zero-order chi connectivity index (χ0) is 17.7. The number of carbonyl (C=O) groups excluding carboxylic acids is 1. The topological polar surface area (TPSA) is 66.9 Å². The van der Waals surface area contributed by atoms with Crippen LogP contribution in [0.2, 0.25) is 5.02 Å². The maximum atomic E-state index is 12.2. The molecule has 0 saturated heterocycles. The summed E-state index contributed by atoms with van der Waals surface area (Å²) in [5.74, 6) is -0.0320. The van der Waals surface area contributed by atoms with E-state index < -0.39 is 0 Å². The van der Waals surface area contributed by atoms with Crippen LogP contribution in [0.3, 0.4) is 0 Å². The Morgan fingerprint density at radius 3 is 2.58 bits per heavy atom. The molecule has 2 N–H and O–H groups in total. The Morgan fingerprint density at radius 1 is 1.29 bits per heavy atom. The van der Waals surface area contributed by atoms with E-state index in [0.717, 1.165) is 15.0 Å². The van der Waals surface area contributed by atoms with Crippen molar-refractivity contribution in [3.8, 4) is 0 Å². The van der Waals surface area contributed by atoms with Gasteiger partial charge in [-0.1, -0.05) is 46.8 Å². The molecule has 1 aromatic carbocycles. The van der Waals surface area contributed by atoms with Crippen molar-refractivity contribution in [2.75, 3.05) is 5.32 Å². The molecule has 0 aliphatic heterocycles. The maximum Gasteiger partial charge on any atom is 0.233 e. The van der Waals surface area contributed by atoms with Crippen LogP contribution in [0.15, 0.2) is 28.6 Å². The van der Waals surface area contributed by atoms with Crippen LogP contribution in [0.5, 0.6) is 0 Å². The molecule has 0 fully saturated rings. The number of hydrogen-bond donors (Lipinski definition) is 2. The van der Waals surface area contributed by atoms with Gasteiger partial charge in [0.15, 0.2) is 4.34 Å². The SMILES string of the molecule is CC(Sc1nnc(NC(C)(C)C)s1)C(=O)NCc1ccc(Cl)cc1. The predicted molar refractivity (Wildman–Crippen MR) is 102 cm³/mol. The molecule has 1 amide bonds. The van der Waals surface area contributed by atoms with Gasteiger partial charge < -0.3 is 10.6 Å². The molecule has 5 nitrogen and oxygen atoms in total. The van der Waals surface area contributed by atoms with Gasteiger partial charge >= 0.3 is 0 Å². The summed E-state index contributed by atoms with van der Waals surface area (Å²) in [6, 6.07) is 7.42. The molecular formula is C16H21ClN4OS2. The van der Waals surface area contributed by atoms with Gasteiger partial charge in [0.05, 0.1) is 5.25 Å². The van der Waals surface area contributed by atoms with E-state index in [1.165, 1.54) is 23.1 Å². The molecule has 0 saturated carbocycles. The summed E-state index contributed by atoms with van der Waals surface area (Å²) in [5, 5.41) is 15.6. The molecule has 2 aromatic rings. The van der Waals surface area contributed by atoms with Crippen LogP contribution >= 0.6 is 34.7 Å². The number of nitrogens with zero attached hydrogens (tertiary/aromatic N) is 2. The van der Waals surface area contributed by atoms with Crippen molar-refractivity contribution in [3.63, 3.8) is 0 Å². The number of aromatic nitrogens is 2. The monoisotopic (exact) mass is 384 g/mol. The second-order valence-corrected chi connectivity index (χ2v) is 9.35. The van der Waals surface area contributed by atoms with Crippen LogP contribution in [-0.4, -0.2) is 26.9 Å². The molecule has 8 heteroatoms. The fourth-order valence-corrected chi connectivity index (χ4v) is 4.02. The Balaban J connectivity index is 1.84. The molecule has 1 atom stereocenters. The van der Waals surface area contributed by atoms with E-state index in [1.807, 2.05) is 31.2 Å². The highest BCUT2D eigenvalue weighted by Crippen LogP contribution is 2.30. The van der Waals surface area contributed by atoms with E-state index in [9.17, 15) is 4.79 Å². The summed E-state index contributed by atoms with van der Waals surface area (Å²) >= 11 is 8.71. The van der Waals surface area contributed by atoms with E-state index in [0.29, 0.717) is 11.6 Å². The van der Waals surface area contributed by atoms with Crippen molar-refractivity contribution in [1.29, 1.82) is 0 Å². The lowest BCUT2D eigenvalue weighted by atomic mass is 10.1. The molecule has 130 valence electrons. The molecule has 0 aliphatic carbocycles. The lowest BCUT2D eigenvalue weighted by Gasteiger charge is -2.18. The lowest BCUT2D eigenvalue weighted by molar-refractivity contribution is -0.120. The summed E-state index contributed by atoms with van der Waals surface area (Å²) in [6.07, 6.45) is 0. The highest BCUT2D eigenvalue weighted by molar-refractivity contribution is 8.02. The van der Waals surface area contributed by atoms with Crippen LogP contribution in [0, 0.1) is 0 Å². The number of nitrogens with one attached hydrogen (secondary N) is 2. The summed E-state index contributed by atoms with van der Waals surface area (Å²) in [6.45, 7) is 8.53. The number of halogens is 1. The first-order valence-corrected chi connectivity index (χ1v) is 9.61. The van der Waals surface area contributed by atoms with Gasteiger partial charge in [-0.15, -0.1) is 10.2 Å². The van der Waals surface area contributed by atoms with Gasteiger partial charge in [-0.3, -0.25) is 4.79 Å². The minimum atomic E-state index is -0.243. The van der Waals surface area contributed by atoms with Crippen LogP contribution in [0.25, 0.3) is 0 Å². The van der Waals surface area contributed by atoms with Gasteiger partial charge in [-0.05, 0) is 45.4 Å². The molecule has 0 aliphatic rings. The third kappa shape index (κ3) is 6.30. The molecule has 0 radical (unpaired) electrons. The molecule has 24 heavy (non-hydrogen) atoms. The van der Waals surface area contributed by atoms with Gasteiger partial charge in [-0.25, -0.2) is 0 Å². The highest BCUT2D eigenvalue weighted by atomic mass is 35.5. The zero-order valence-corrected chi connectivity index (χ0v) is 16.5. The predicted octanol–water partition coefficient (Wildman–Crippen LogP) is 4.20. The third-order valence-electron chi connectivity index (χ3n) is 2.92. The van der Waals surface area contributed by atoms with Crippen LogP contribution in [0.1, 0.15) is 33.3 Å². The normalized spacial score (nSPS) is 12.7. The Bertz CT molecular complexity index is 682. The first-order chi connectivity index (χ1) is 11.2. The third-order valence-corrected chi connectivity index (χ3v) is 5.19. The molecule has 2 rings (SSSR count). The summed E-state index contributed by atoms with van der Waals surface area (Å²) < 4.78 is 0.774. The number of anilines is 1. The van der Waals surface area contributed by atoms with E-state index >= 15 is 0 Å². The maximum absolute atomic E-state index is 12.2. The number of amides is 1. The van der Waals surface area contributed by atoms with Crippen molar-refractivity contribution in [2.24, 2.45) is 0 Å². The second kappa shape index (κ2) is 8.18. The molecule has 0 spiro atoms. The molecule has 1 unspecified atom stereocenters. The Morgan fingerprint density at radius 2 is 1.96 bits per heavy atom. The fourth-order valence-electron chi connectivity index (χ4n) is 1.77. The largest absolute Gasteiger partial charge is 0.355 e. The van der Waals surface area contributed by atoms with Crippen molar-refractivity contribution in [1.82, 2.24) is 15.5 Å². The van der Waals surface area contributed by atoms with Gasteiger partial charge in [0.1, 0.15) is 0 Å². The van der Waals surface area contributed by atoms with Crippen LogP contribution in [-0.2, 0) is 11.3 Å². The summed E-state index contributed by atoms with van der Waals surface area (Å²) in [7, 11) is 0. The standard InChI is InChI=1S/C16H21ClN4OS2/c1-10(13(22)18-9-11-5-7-12(17)8-6-11)23-15-21-20-14(24-15)19-16(2,3)4/h5-8,10H,9H2,1-4H3,(H,18,22)(H,19,20). The number of hydrogen-bond acceptors (Lipinski definition) is 6. The Hall–Kier alpha value is -1.31. The number of carbonyl (C=O) groups is 1. The van der Waals surface area contributed by atoms with Gasteiger partial charge in [0, 0.05) is 17.1 Å². The minimum absolute atomic E-state index is 0.0320. The summed E-state index contributed by atoms with van der Waals surface area (Å²) in [5.41, 5.74) is 0.945. The van der Waals surface area contributed by atoms with Gasteiger partial charge in [0.25, 0.3) is 0 Å². The minimum Gasteiger partial charge on any atom is -0.355 e. The van der Waals surface area contributed by atoms with E-state index in [1.54, 1.807) is 0 Å². The number of thioether (sulfide) groups is 1. The smallest absolute Gasteiger partial charge is 0.233 e. The lowest BCUT2D eigenvalue weighted by Crippen LogP contribution is -2.30. The van der Waals surface area contributed by atoms with E-state index in [-0.39, 0.29) is 16.7 Å². The second-order valence-electron chi connectivity index (χ2n) is 6.35. The average Bonchev–Trinajstić information content (AvgIpc) is 2.91. The van der Waals surface area contributed by atoms with Gasteiger partial charge in [0.2, 0.25) is 11.0 Å². The molecule has 1 heterocycles.